The second-order valence-corrected chi connectivity index (χ2v) is 7.55. The van der Waals surface area contributed by atoms with Gasteiger partial charge in [-0.3, -0.25) is 4.79 Å². The Labute approximate surface area is 172 Å². The fourth-order valence-corrected chi connectivity index (χ4v) is 3.52. The number of benzene rings is 1. The molecule has 0 spiro atoms. The minimum absolute atomic E-state index is 0.0247. The topological polar surface area (TPSA) is 116 Å². The van der Waals surface area contributed by atoms with Crippen LogP contribution in [0.2, 0.25) is 0 Å². The van der Waals surface area contributed by atoms with E-state index in [0.717, 1.165) is 5.56 Å². The molecule has 3 atom stereocenters. The summed E-state index contributed by atoms with van der Waals surface area (Å²) < 4.78 is 45.2. The van der Waals surface area contributed by atoms with Gasteiger partial charge < -0.3 is 16.2 Å². The lowest BCUT2D eigenvalue weighted by Crippen LogP contribution is -2.47. The van der Waals surface area contributed by atoms with Crippen LogP contribution in [0.15, 0.2) is 41.8 Å². The molecule has 0 saturated heterocycles. The van der Waals surface area contributed by atoms with Crippen molar-refractivity contribution in [1.82, 2.24) is 5.32 Å². The summed E-state index contributed by atoms with van der Waals surface area (Å²) in [5.41, 5.74) is 5.99. The van der Waals surface area contributed by atoms with Crippen LogP contribution < -0.4 is 11.1 Å². The number of nitrogens with two attached hydrogens (primary N) is 1. The average molecular weight is 443 g/mol. The molecule has 1 aliphatic rings. The summed E-state index contributed by atoms with van der Waals surface area (Å²) in [6.45, 7) is 0. The Hall–Kier alpha value is -2.97. The van der Waals surface area contributed by atoms with Gasteiger partial charge >= 0.3 is 12.1 Å². The number of nitrogens with zero attached hydrogens (tertiary/aromatic N) is 1. The van der Waals surface area contributed by atoms with Gasteiger partial charge in [0, 0.05) is 17.2 Å². The fourth-order valence-electron chi connectivity index (χ4n) is 2.72. The van der Waals surface area contributed by atoms with Crippen molar-refractivity contribution in [2.45, 2.75) is 36.5 Å². The molecule has 1 aromatic heterocycles. The maximum atomic E-state index is 13.4. The van der Waals surface area contributed by atoms with Crippen LogP contribution in [-0.2, 0) is 16.0 Å². The first-order valence-corrected chi connectivity index (χ1v) is 9.44. The van der Waals surface area contributed by atoms with E-state index in [1.165, 1.54) is 17.4 Å². The molecule has 1 heterocycles. The number of alkyl halides is 3. The maximum Gasteiger partial charge on any atom is 0.490 e. The van der Waals surface area contributed by atoms with Crippen molar-refractivity contribution < 1.29 is 32.3 Å². The molecule has 0 aliphatic heterocycles. The zero-order valence-corrected chi connectivity index (χ0v) is 16.1. The third-order valence-electron chi connectivity index (χ3n) is 4.38. The van der Waals surface area contributed by atoms with Gasteiger partial charge in [0.25, 0.3) is 0 Å². The number of thiophene rings is 1. The van der Waals surface area contributed by atoms with Crippen LogP contribution in [0.3, 0.4) is 0 Å². The molecule has 30 heavy (non-hydrogen) atoms. The van der Waals surface area contributed by atoms with Crippen LogP contribution in [0.25, 0.3) is 0 Å². The Bertz CT molecular complexity index is 942. The molecule has 6 nitrogen and oxygen atoms in total. The Kier molecular flexibility index (Phi) is 7.17. The van der Waals surface area contributed by atoms with Crippen molar-refractivity contribution in [2.75, 3.05) is 0 Å². The van der Waals surface area contributed by atoms with Gasteiger partial charge in [0.05, 0.1) is 12.1 Å². The third-order valence-corrected chi connectivity index (χ3v) is 5.30. The van der Waals surface area contributed by atoms with Crippen LogP contribution in [0.1, 0.15) is 22.8 Å². The van der Waals surface area contributed by atoms with Gasteiger partial charge in [-0.1, -0.05) is 30.3 Å². The largest absolute Gasteiger partial charge is 0.490 e. The van der Waals surface area contributed by atoms with Gasteiger partial charge in [0.1, 0.15) is 11.4 Å². The number of nitriles is 1. The SMILES string of the molecule is N#C[C@@]1(NC(=O)C(N)Cc2sccc2F)C[C@@H]1c1ccccc1.O=C(O)C(F)(F)F. The second kappa shape index (κ2) is 9.23. The number of carboxylic acids is 1. The third kappa shape index (κ3) is 5.77. The van der Waals surface area contributed by atoms with Crippen molar-refractivity contribution in [1.29, 1.82) is 5.26 Å². The normalized spacial score (nSPS) is 20.9. The van der Waals surface area contributed by atoms with E-state index in [0.29, 0.717) is 11.3 Å². The highest BCUT2D eigenvalue weighted by molar-refractivity contribution is 7.09. The number of rotatable bonds is 5. The summed E-state index contributed by atoms with van der Waals surface area (Å²) in [4.78, 5) is 21.6. The lowest BCUT2D eigenvalue weighted by molar-refractivity contribution is -0.192. The number of halogens is 4. The number of carbonyl (C=O) groups excluding carboxylic acids is 1. The Morgan fingerprint density at radius 2 is 1.93 bits per heavy atom. The van der Waals surface area contributed by atoms with Crippen molar-refractivity contribution in [2.24, 2.45) is 5.73 Å². The summed E-state index contributed by atoms with van der Waals surface area (Å²) in [5.74, 6) is -3.55. The lowest BCUT2D eigenvalue weighted by Gasteiger charge is -2.16. The number of nitrogens with one attached hydrogen (secondary N) is 1. The fraction of sp³-hybridized carbons (Fsp3) is 0.316. The summed E-state index contributed by atoms with van der Waals surface area (Å²) in [5, 5.41) is 21.0. The highest BCUT2D eigenvalue weighted by Gasteiger charge is 2.57. The smallest absolute Gasteiger partial charge is 0.475 e. The zero-order valence-electron chi connectivity index (χ0n) is 15.3. The first kappa shape index (κ1) is 23.3. The Morgan fingerprint density at radius 3 is 2.40 bits per heavy atom. The van der Waals surface area contributed by atoms with Crippen molar-refractivity contribution >= 4 is 23.2 Å². The van der Waals surface area contributed by atoms with Gasteiger partial charge in [-0.05, 0) is 23.4 Å². The molecule has 1 saturated carbocycles. The van der Waals surface area contributed by atoms with Crippen LogP contribution >= 0.6 is 11.3 Å². The first-order chi connectivity index (χ1) is 14.0. The highest BCUT2D eigenvalue weighted by Crippen LogP contribution is 2.51. The molecule has 4 N–H and O–H groups in total. The standard InChI is InChI=1S/C17H16FN3OS.C2HF3O2/c18-13-6-7-23-15(13)8-14(20)16(22)21-17(10-19)9-12(17)11-4-2-1-3-5-11;3-2(4,5)1(6)7/h1-7,12,14H,8-9,20H2,(H,21,22);(H,6,7)/t12-,14?,17+;/m1./s1. The van der Waals surface area contributed by atoms with E-state index in [2.05, 4.69) is 11.4 Å². The van der Waals surface area contributed by atoms with E-state index in [1.54, 1.807) is 5.38 Å². The quantitative estimate of drug-likeness (QED) is 0.615. The van der Waals surface area contributed by atoms with Crippen molar-refractivity contribution in [3.05, 3.63) is 58.0 Å². The molecule has 1 fully saturated rings. The summed E-state index contributed by atoms with van der Waals surface area (Å²) in [6, 6.07) is 12.3. The predicted molar refractivity (Wildman–Crippen MR) is 99.9 cm³/mol. The van der Waals surface area contributed by atoms with E-state index in [9.17, 15) is 27.6 Å². The number of carbonyl (C=O) groups is 2. The molecule has 1 aliphatic carbocycles. The molecule has 0 radical (unpaired) electrons. The molecular formula is C19H17F4N3O3S. The number of hydrogen-bond donors (Lipinski definition) is 3. The van der Waals surface area contributed by atoms with Gasteiger partial charge in [0.15, 0.2) is 0 Å². The summed E-state index contributed by atoms with van der Waals surface area (Å²) >= 11 is 1.23. The van der Waals surface area contributed by atoms with Crippen molar-refractivity contribution in [3.63, 3.8) is 0 Å². The molecule has 2 aromatic rings. The average Bonchev–Trinajstić information content (AvgIpc) is 3.28. The van der Waals surface area contributed by atoms with Gasteiger partial charge in [-0.2, -0.15) is 18.4 Å². The van der Waals surface area contributed by atoms with E-state index < -0.39 is 29.6 Å². The lowest BCUT2D eigenvalue weighted by atomic mass is 10.1. The van der Waals surface area contributed by atoms with Crippen LogP contribution in [0, 0.1) is 17.1 Å². The van der Waals surface area contributed by atoms with Crippen molar-refractivity contribution in [3.8, 4) is 6.07 Å². The molecule has 3 rings (SSSR count). The number of amides is 1. The minimum Gasteiger partial charge on any atom is -0.475 e. The minimum atomic E-state index is -5.08. The molecule has 0 bridgehead atoms. The molecular weight excluding hydrogens is 426 g/mol. The van der Waals surface area contributed by atoms with E-state index >= 15 is 0 Å². The molecule has 11 heteroatoms. The summed E-state index contributed by atoms with van der Waals surface area (Å²) in [6.07, 6.45) is -4.38. The first-order valence-electron chi connectivity index (χ1n) is 8.56. The maximum absolute atomic E-state index is 13.4. The number of aliphatic carboxylic acids is 1. The van der Waals surface area contributed by atoms with Gasteiger partial charge in [-0.25, -0.2) is 9.18 Å². The monoisotopic (exact) mass is 443 g/mol. The Morgan fingerprint density at radius 1 is 1.33 bits per heavy atom. The van der Waals surface area contributed by atoms with E-state index in [-0.39, 0.29) is 18.2 Å². The molecule has 1 unspecified atom stereocenters. The van der Waals surface area contributed by atoms with Crippen LogP contribution in [-0.4, -0.2) is 34.7 Å². The molecule has 160 valence electrons. The Balaban J connectivity index is 0.000000396. The summed E-state index contributed by atoms with van der Waals surface area (Å²) in [7, 11) is 0. The van der Waals surface area contributed by atoms with E-state index in [4.69, 9.17) is 15.6 Å². The highest BCUT2D eigenvalue weighted by atomic mass is 32.1. The number of carboxylic acid groups (broad SMARTS) is 1. The second-order valence-electron chi connectivity index (χ2n) is 6.55. The molecule has 1 aromatic carbocycles. The van der Waals surface area contributed by atoms with Gasteiger partial charge in [0.2, 0.25) is 5.91 Å². The van der Waals surface area contributed by atoms with Crippen LogP contribution in [0.4, 0.5) is 17.6 Å². The molecule has 1 amide bonds. The van der Waals surface area contributed by atoms with E-state index in [1.807, 2.05) is 30.3 Å². The number of hydrogen-bond acceptors (Lipinski definition) is 5. The zero-order chi connectivity index (χ0) is 22.5. The predicted octanol–water partition coefficient (Wildman–Crippen LogP) is 2.96. The van der Waals surface area contributed by atoms with Crippen LogP contribution in [0.5, 0.6) is 0 Å². The van der Waals surface area contributed by atoms with Gasteiger partial charge in [-0.15, -0.1) is 11.3 Å².